The Bertz CT molecular complexity index is 744. The van der Waals surface area contributed by atoms with Gasteiger partial charge >= 0.3 is 0 Å². The molecule has 1 aliphatic rings. The zero-order chi connectivity index (χ0) is 16.9. The van der Waals surface area contributed by atoms with E-state index in [0.29, 0.717) is 18.0 Å². The molecule has 0 aliphatic carbocycles. The Morgan fingerprint density at radius 1 is 1.25 bits per heavy atom. The molecule has 0 bridgehead atoms. The number of benzene rings is 2. The number of carbonyl (C=O) groups is 2. The Labute approximate surface area is 141 Å². The van der Waals surface area contributed by atoms with Gasteiger partial charge in [-0.05, 0) is 29.2 Å². The number of anilines is 1. The molecule has 0 unspecified atom stereocenters. The highest BCUT2D eigenvalue weighted by atomic mass is 16.5. The Morgan fingerprint density at radius 2 is 2.04 bits per heavy atom. The molecule has 2 N–H and O–H groups in total. The van der Waals surface area contributed by atoms with Crippen molar-refractivity contribution >= 4 is 17.5 Å². The Morgan fingerprint density at radius 3 is 2.83 bits per heavy atom. The molecular weight excluding hydrogens is 304 g/mol. The third-order valence-electron chi connectivity index (χ3n) is 4.02. The second-order valence-corrected chi connectivity index (χ2v) is 5.96. The second-order valence-electron chi connectivity index (χ2n) is 5.96. The third-order valence-corrected chi connectivity index (χ3v) is 4.02. The molecule has 0 aromatic heterocycles. The smallest absolute Gasteiger partial charge is 0.262 e. The number of ether oxygens (including phenoxy) is 1. The average molecular weight is 324 g/mol. The first-order valence-corrected chi connectivity index (χ1v) is 7.99. The lowest BCUT2D eigenvalue weighted by Gasteiger charge is -2.18. The van der Waals surface area contributed by atoms with E-state index in [-0.39, 0.29) is 30.8 Å². The third kappa shape index (κ3) is 3.93. The van der Waals surface area contributed by atoms with Crippen molar-refractivity contribution in [1.29, 1.82) is 0 Å². The van der Waals surface area contributed by atoms with Gasteiger partial charge in [-0.2, -0.15) is 0 Å². The number of rotatable bonds is 5. The molecule has 1 aliphatic heterocycles. The topological polar surface area (TPSA) is 67.4 Å². The maximum absolute atomic E-state index is 12.2. The van der Waals surface area contributed by atoms with Crippen LogP contribution >= 0.6 is 0 Å². The van der Waals surface area contributed by atoms with Crippen LogP contribution < -0.4 is 15.4 Å². The van der Waals surface area contributed by atoms with Gasteiger partial charge in [0.1, 0.15) is 5.75 Å². The van der Waals surface area contributed by atoms with Crippen molar-refractivity contribution in [3.8, 4) is 5.75 Å². The van der Waals surface area contributed by atoms with E-state index in [2.05, 4.69) is 29.7 Å². The minimum absolute atomic E-state index is 0.0320. The fraction of sp³-hybridized carbons (Fsp3) is 0.263. The summed E-state index contributed by atoms with van der Waals surface area (Å²) in [7, 11) is 0. The maximum Gasteiger partial charge on any atom is 0.262 e. The van der Waals surface area contributed by atoms with Gasteiger partial charge in [0.2, 0.25) is 5.91 Å². The van der Waals surface area contributed by atoms with Crippen LogP contribution in [0, 0.1) is 0 Å². The second kappa shape index (κ2) is 7.17. The van der Waals surface area contributed by atoms with Crippen molar-refractivity contribution in [2.45, 2.75) is 19.3 Å². The van der Waals surface area contributed by atoms with Gasteiger partial charge in [-0.1, -0.05) is 43.3 Å². The average Bonchev–Trinajstić information content (AvgIpc) is 2.60. The van der Waals surface area contributed by atoms with Gasteiger partial charge in [0.15, 0.2) is 6.61 Å². The molecule has 1 heterocycles. The number of carbonyl (C=O) groups excluding carboxylic acids is 2. The van der Waals surface area contributed by atoms with E-state index in [9.17, 15) is 9.59 Å². The number of fused-ring (bicyclic) bond motifs is 1. The molecule has 5 heteroatoms. The van der Waals surface area contributed by atoms with Crippen molar-refractivity contribution in [1.82, 2.24) is 5.32 Å². The van der Waals surface area contributed by atoms with Gasteiger partial charge in [0.05, 0.1) is 12.1 Å². The molecule has 2 aromatic carbocycles. The van der Waals surface area contributed by atoms with Crippen LogP contribution in [0.3, 0.4) is 0 Å². The lowest BCUT2D eigenvalue weighted by molar-refractivity contribution is -0.120. The molecule has 0 spiro atoms. The lowest BCUT2D eigenvalue weighted by atomic mass is 10.0. The summed E-state index contributed by atoms with van der Waals surface area (Å²) in [5, 5.41) is 5.71. The molecule has 1 atom stereocenters. The Balaban J connectivity index is 1.55. The van der Waals surface area contributed by atoms with Crippen molar-refractivity contribution in [3.63, 3.8) is 0 Å². The van der Waals surface area contributed by atoms with E-state index in [4.69, 9.17) is 4.74 Å². The van der Waals surface area contributed by atoms with Crippen LogP contribution in [0.15, 0.2) is 48.5 Å². The number of nitrogens with one attached hydrogen (secondary N) is 2. The Hall–Kier alpha value is -2.82. The van der Waals surface area contributed by atoms with Crippen molar-refractivity contribution in [2.75, 3.05) is 18.5 Å². The largest absolute Gasteiger partial charge is 0.482 e. The summed E-state index contributed by atoms with van der Waals surface area (Å²) in [5.74, 6) is 0.671. The zero-order valence-electron chi connectivity index (χ0n) is 13.5. The fourth-order valence-corrected chi connectivity index (χ4v) is 2.65. The van der Waals surface area contributed by atoms with Crippen LogP contribution in [0.25, 0.3) is 0 Å². The molecule has 2 aromatic rings. The lowest BCUT2D eigenvalue weighted by Crippen LogP contribution is -2.29. The van der Waals surface area contributed by atoms with Crippen LogP contribution in [0.4, 0.5) is 5.69 Å². The van der Waals surface area contributed by atoms with Crippen LogP contribution in [-0.2, 0) is 16.0 Å². The van der Waals surface area contributed by atoms with Crippen LogP contribution in [0.5, 0.6) is 5.75 Å². The van der Waals surface area contributed by atoms with E-state index in [1.807, 2.05) is 24.3 Å². The molecule has 24 heavy (non-hydrogen) atoms. The molecule has 0 saturated heterocycles. The molecule has 124 valence electrons. The summed E-state index contributed by atoms with van der Waals surface area (Å²) in [5.41, 5.74) is 2.66. The maximum atomic E-state index is 12.2. The van der Waals surface area contributed by atoms with Crippen molar-refractivity contribution in [2.24, 2.45) is 0 Å². The minimum atomic E-state index is -0.180. The van der Waals surface area contributed by atoms with E-state index in [1.165, 1.54) is 5.56 Å². The highest BCUT2D eigenvalue weighted by Crippen LogP contribution is 2.28. The predicted octanol–water partition coefficient (Wildman–Crippen LogP) is 2.48. The minimum Gasteiger partial charge on any atom is -0.482 e. The monoisotopic (exact) mass is 324 g/mol. The van der Waals surface area contributed by atoms with Gasteiger partial charge in [-0.15, -0.1) is 0 Å². The molecule has 0 radical (unpaired) electrons. The standard InChI is InChI=1S/C19H20N2O3/c1-13(15-5-3-2-4-6-15)11-20-18(22)10-14-7-8-17-16(9-14)21-19(23)12-24-17/h2-9,13H,10-12H2,1H3,(H,20,22)(H,21,23)/t13-/m1/s1. The highest BCUT2D eigenvalue weighted by Gasteiger charge is 2.16. The normalized spacial score (nSPS) is 14.1. The summed E-state index contributed by atoms with van der Waals surface area (Å²) < 4.78 is 5.31. The predicted molar refractivity (Wildman–Crippen MR) is 92.1 cm³/mol. The van der Waals surface area contributed by atoms with Crippen LogP contribution in [0.1, 0.15) is 24.0 Å². The molecule has 3 rings (SSSR count). The van der Waals surface area contributed by atoms with Crippen LogP contribution in [0.2, 0.25) is 0 Å². The molecule has 5 nitrogen and oxygen atoms in total. The highest BCUT2D eigenvalue weighted by molar-refractivity contribution is 5.95. The first kappa shape index (κ1) is 16.1. The SMILES string of the molecule is C[C@H](CNC(=O)Cc1ccc2c(c1)NC(=O)CO2)c1ccccc1. The first-order chi connectivity index (χ1) is 11.6. The fourth-order valence-electron chi connectivity index (χ4n) is 2.65. The molecule has 0 fully saturated rings. The Kier molecular flexibility index (Phi) is 4.79. The summed E-state index contributed by atoms with van der Waals surface area (Å²) in [6.07, 6.45) is 0.269. The van der Waals surface area contributed by atoms with E-state index in [0.717, 1.165) is 5.56 Å². The van der Waals surface area contributed by atoms with Gasteiger partial charge in [0.25, 0.3) is 5.91 Å². The molecule has 0 saturated carbocycles. The number of amides is 2. The van der Waals surface area contributed by atoms with Gasteiger partial charge < -0.3 is 15.4 Å². The summed E-state index contributed by atoms with van der Waals surface area (Å²) in [6.45, 7) is 2.71. The zero-order valence-corrected chi connectivity index (χ0v) is 13.5. The van der Waals surface area contributed by atoms with E-state index in [1.54, 1.807) is 12.1 Å². The summed E-state index contributed by atoms with van der Waals surface area (Å²) in [4.78, 5) is 23.5. The van der Waals surface area contributed by atoms with E-state index < -0.39 is 0 Å². The van der Waals surface area contributed by atoms with Crippen molar-refractivity contribution in [3.05, 3.63) is 59.7 Å². The molecule has 2 amide bonds. The summed E-state index contributed by atoms with van der Waals surface area (Å²) >= 11 is 0. The van der Waals surface area contributed by atoms with Crippen molar-refractivity contribution < 1.29 is 14.3 Å². The van der Waals surface area contributed by atoms with Gasteiger partial charge in [-0.3, -0.25) is 9.59 Å². The van der Waals surface area contributed by atoms with Gasteiger partial charge in [0, 0.05) is 6.54 Å². The number of hydrogen-bond donors (Lipinski definition) is 2. The van der Waals surface area contributed by atoms with Crippen LogP contribution in [-0.4, -0.2) is 25.0 Å². The number of hydrogen-bond acceptors (Lipinski definition) is 3. The quantitative estimate of drug-likeness (QED) is 0.888. The molecular formula is C19H20N2O3. The summed E-state index contributed by atoms with van der Waals surface area (Å²) in [6, 6.07) is 15.5. The van der Waals surface area contributed by atoms with Gasteiger partial charge in [-0.25, -0.2) is 0 Å². The van der Waals surface area contributed by atoms with E-state index >= 15 is 0 Å². The first-order valence-electron chi connectivity index (χ1n) is 7.99.